The minimum atomic E-state index is -2.39. The lowest BCUT2D eigenvalue weighted by molar-refractivity contribution is 0.121. The quantitative estimate of drug-likeness (QED) is 0.841. The molecule has 1 atom stereocenters. The van der Waals surface area contributed by atoms with E-state index in [1.807, 2.05) is 16.9 Å². The molecule has 2 heterocycles. The van der Waals surface area contributed by atoms with Gasteiger partial charge in [-0.1, -0.05) is 6.92 Å². The van der Waals surface area contributed by atoms with Crippen LogP contribution in [0, 0.1) is 6.92 Å². The van der Waals surface area contributed by atoms with Crippen molar-refractivity contribution < 1.29 is 8.78 Å². The Balaban J connectivity index is 0.00000242. The van der Waals surface area contributed by atoms with Gasteiger partial charge in [0.15, 0.2) is 0 Å². The van der Waals surface area contributed by atoms with E-state index < -0.39 is 6.43 Å². The van der Waals surface area contributed by atoms with Gasteiger partial charge in [-0.05, 0) is 20.3 Å². The van der Waals surface area contributed by atoms with E-state index in [9.17, 15) is 8.78 Å². The molecular formula is C14H22ClF2N5. The van der Waals surface area contributed by atoms with Crippen LogP contribution in [0.4, 0.5) is 14.6 Å². The second-order valence-electron chi connectivity index (χ2n) is 5.12. The van der Waals surface area contributed by atoms with Crippen molar-refractivity contribution in [2.75, 3.05) is 5.32 Å². The van der Waals surface area contributed by atoms with Gasteiger partial charge >= 0.3 is 0 Å². The fraction of sp³-hybridized carbons (Fsp3) is 0.571. The van der Waals surface area contributed by atoms with Gasteiger partial charge in [-0.3, -0.25) is 9.36 Å². The van der Waals surface area contributed by atoms with Crippen LogP contribution in [0.2, 0.25) is 0 Å². The maximum atomic E-state index is 12.4. The van der Waals surface area contributed by atoms with E-state index in [-0.39, 0.29) is 19.0 Å². The summed E-state index contributed by atoms with van der Waals surface area (Å²) in [5, 5.41) is 11.6. The molecule has 2 aromatic heterocycles. The van der Waals surface area contributed by atoms with Gasteiger partial charge in [0.1, 0.15) is 12.4 Å². The smallest absolute Gasteiger partial charge is 0.257 e. The van der Waals surface area contributed by atoms with Gasteiger partial charge in [-0.25, -0.2) is 8.78 Å². The minimum absolute atomic E-state index is 0. The number of aromatic nitrogens is 4. The van der Waals surface area contributed by atoms with Crippen molar-refractivity contribution in [1.29, 1.82) is 0 Å². The maximum absolute atomic E-state index is 12.4. The Hall–Kier alpha value is -1.63. The molecule has 5 nitrogen and oxygen atoms in total. The lowest BCUT2D eigenvalue weighted by atomic mass is 10.2. The van der Waals surface area contributed by atoms with Crippen LogP contribution in [-0.4, -0.2) is 26.0 Å². The van der Waals surface area contributed by atoms with Crippen LogP contribution in [0.3, 0.4) is 0 Å². The zero-order valence-electron chi connectivity index (χ0n) is 13.0. The molecule has 1 unspecified atom stereocenters. The number of hydrogen-bond donors (Lipinski definition) is 1. The lowest BCUT2D eigenvalue weighted by Crippen LogP contribution is -2.10. The molecule has 0 spiro atoms. The number of rotatable bonds is 7. The molecule has 0 saturated carbocycles. The van der Waals surface area contributed by atoms with E-state index in [0.29, 0.717) is 12.6 Å². The van der Waals surface area contributed by atoms with Gasteiger partial charge in [0.05, 0.1) is 6.20 Å². The Bertz CT molecular complexity index is 582. The molecule has 0 amide bonds. The molecule has 8 heteroatoms. The van der Waals surface area contributed by atoms with Crippen molar-refractivity contribution >= 4 is 18.2 Å². The first-order valence-electron chi connectivity index (χ1n) is 7.09. The number of hydrogen-bond acceptors (Lipinski definition) is 3. The number of anilines is 1. The van der Waals surface area contributed by atoms with Crippen molar-refractivity contribution in [2.45, 2.75) is 52.7 Å². The summed E-state index contributed by atoms with van der Waals surface area (Å²) >= 11 is 0. The van der Waals surface area contributed by atoms with Crippen molar-refractivity contribution in [1.82, 2.24) is 19.6 Å². The molecule has 0 bridgehead atoms. The summed E-state index contributed by atoms with van der Waals surface area (Å²) in [5.41, 5.74) is 1.65. The van der Waals surface area contributed by atoms with Crippen LogP contribution in [0.25, 0.3) is 0 Å². The third kappa shape index (κ3) is 4.43. The summed E-state index contributed by atoms with van der Waals surface area (Å²) in [6.07, 6.45) is 2.18. The second-order valence-corrected chi connectivity index (χ2v) is 5.12. The van der Waals surface area contributed by atoms with Gasteiger partial charge in [-0.15, -0.1) is 12.4 Å². The van der Waals surface area contributed by atoms with Crippen molar-refractivity contribution in [3.8, 4) is 0 Å². The van der Waals surface area contributed by atoms with Crippen molar-refractivity contribution in [3.05, 3.63) is 29.7 Å². The SMILES string of the molecule is CCC(C)n1ccc(NCc2cnn(CC(F)F)c2C)n1.Cl. The molecule has 0 aliphatic rings. The molecule has 1 N–H and O–H groups in total. The Morgan fingerprint density at radius 3 is 2.73 bits per heavy atom. The highest BCUT2D eigenvalue weighted by atomic mass is 35.5. The maximum Gasteiger partial charge on any atom is 0.257 e. The van der Waals surface area contributed by atoms with Gasteiger partial charge in [0, 0.05) is 36.1 Å². The molecule has 0 aromatic carbocycles. The van der Waals surface area contributed by atoms with Crippen LogP contribution < -0.4 is 5.32 Å². The fourth-order valence-electron chi connectivity index (χ4n) is 2.02. The summed E-state index contributed by atoms with van der Waals surface area (Å²) in [4.78, 5) is 0. The standard InChI is InChI=1S/C14H21F2N5.ClH/c1-4-10(2)20-6-5-14(19-20)17-7-12-8-18-21(11(12)3)9-13(15)16;/h5-6,8,10,13H,4,7,9H2,1-3H3,(H,17,19);1H. The summed E-state index contributed by atoms with van der Waals surface area (Å²) in [5.74, 6) is 0.774. The first kappa shape index (κ1) is 18.4. The average molecular weight is 334 g/mol. The highest BCUT2D eigenvalue weighted by molar-refractivity contribution is 5.85. The zero-order valence-corrected chi connectivity index (χ0v) is 13.8. The van der Waals surface area contributed by atoms with Crippen molar-refractivity contribution in [2.24, 2.45) is 0 Å². The van der Waals surface area contributed by atoms with Gasteiger partial charge < -0.3 is 5.32 Å². The Morgan fingerprint density at radius 2 is 2.09 bits per heavy atom. The average Bonchev–Trinajstić information content (AvgIpc) is 3.04. The third-order valence-electron chi connectivity index (χ3n) is 3.63. The molecule has 22 heavy (non-hydrogen) atoms. The highest BCUT2D eigenvalue weighted by Crippen LogP contribution is 2.14. The van der Waals surface area contributed by atoms with E-state index in [4.69, 9.17) is 0 Å². The van der Waals surface area contributed by atoms with Crippen LogP contribution >= 0.6 is 12.4 Å². The number of nitrogens with one attached hydrogen (secondary N) is 1. The number of alkyl halides is 2. The predicted octanol–water partition coefficient (Wildman–Crippen LogP) is 3.66. The lowest BCUT2D eigenvalue weighted by Gasteiger charge is -2.08. The second kappa shape index (κ2) is 8.12. The van der Waals surface area contributed by atoms with E-state index >= 15 is 0 Å². The topological polar surface area (TPSA) is 47.7 Å². The molecule has 0 aliphatic heterocycles. The largest absolute Gasteiger partial charge is 0.364 e. The highest BCUT2D eigenvalue weighted by Gasteiger charge is 2.11. The monoisotopic (exact) mass is 333 g/mol. The van der Waals surface area contributed by atoms with E-state index in [1.54, 1.807) is 13.1 Å². The van der Waals surface area contributed by atoms with Crippen molar-refractivity contribution in [3.63, 3.8) is 0 Å². The molecule has 0 radical (unpaired) electrons. The summed E-state index contributed by atoms with van der Waals surface area (Å²) in [6, 6.07) is 2.27. The minimum Gasteiger partial charge on any atom is -0.364 e. The molecule has 0 fully saturated rings. The number of nitrogens with zero attached hydrogens (tertiary/aromatic N) is 4. The molecule has 2 rings (SSSR count). The van der Waals surface area contributed by atoms with Gasteiger partial charge in [0.2, 0.25) is 0 Å². The summed E-state index contributed by atoms with van der Waals surface area (Å²) in [7, 11) is 0. The Morgan fingerprint density at radius 1 is 1.36 bits per heavy atom. The molecule has 0 aliphatic carbocycles. The van der Waals surface area contributed by atoms with Gasteiger partial charge in [-0.2, -0.15) is 10.2 Å². The Kier molecular flexibility index (Phi) is 6.80. The molecular weight excluding hydrogens is 312 g/mol. The van der Waals surface area contributed by atoms with Crippen LogP contribution in [0.15, 0.2) is 18.5 Å². The first-order chi connectivity index (χ1) is 10.0. The normalized spacial score (nSPS) is 12.3. The van der Waals surface area contributed by atoms with Crippen LogP contribution in [0.5, 0.6) is 0 Å². The predicted molar refractivity (Wildman–Crippen MR) is 84.8 cm³/mol. The molecule has 124 valence electrons. The van der Waals surface area contributed by atoms with E-state index in [1.165, 1.54) is 4.68 Å². The summed E-state index contributed by atoms with van der Waals surface area (Å²) < 4.78 is 28.0. The first-order valence-corrected chi connectivity index (χ1v) is 7.09. The Labute approximate surface area is 135 Å². The van der Waals surface area contributed by atoms with Crippen LogP contribution in [-0.2, 0) is 13.1 Å². The fourth-order valence-corrected chi connectivity index (χ4v) is 2.02. The molecule has 0 saturated heterocycles. The van der Waals surface area contributed by atoms with Gasteiger partial charge in [0.25, 0.3) is 6.43 Å². The van der Waals surface area contributed by atoms with Crippen LogP contribution in [0.1, 0.15) is 37.6 Å². The zero-order chi connectivity index (χ0) is 15.4. The van der Waals surface area contributed by atoms with E-state index in [2.05, 4.69) is 29.4 Å². The summed E-state index contributed by atoms with van der Waals surface area (Å²) in [6.45, 7) is 6.17. The molecule has 2 aromatic rings. The van der Waals surface area contributed by atoms with E-state index in [0.717, 1.165) is 23.5 Å². The third-order valence-corrected chi connectivity index (χ3v) is 3.63. The number of halogens is 3.